The number of rotatable bonds is 4. The van der Waals surface area contributed by atoms with E-state index in [-0.39, 0.29) is 5.41 Å². The lowest BCUT2D eigenvalue weighted by Gasteiger charge is -2.22. The summed E-state index contributed by atoms with van der Waals surface area (Å²) in [7, 11) is 0. The molecule has 0 unspecified atom stereocenters. The van der Waals surface area contributed by atoms with Gasteiger partial charge in [-0.2, -0.15) is 0 Å². The first-order valence-corrected chi connectivity index (χ1v) is 18.5. The Morgan fingerprint density at radius 3 is 1.89 bits per heavy atom. The highest BCUT2D eigenvalue weighted by Gasteiger charge is 2.38. The van der Waals surface area contributed by atoms with E-state index in [0.29, 0.717) is 17.5 Å². The van der Waals surface area contributed by atoms with Gasteiger partial charge < -0.3 is 8.98 Å². The SMILES string of the molecule is Cc1cc(-n2c3ccccc3c3c4c(ccc32)-c2ccccc2C4(C)C)c2c(oc3ccccc32)c1-c1nc(-c2ccccc2)nc(-c2ccccc2)n1. The molecule has 5 heteroatoms. The third-order valence-corrected chi connectivity index (χ3v) is 11.3. The minimum Gasteiger partial charge on any atom is -0.455 e. The van der Waals surface area contributed by atoms with Crippen molar-refractivity contribution in [2.24, 2.45) is 0 Å². The first-order chi connectivity index (χ1) is 26.5. The van der Waals surface area contributed by atoms with Crippen LogP contribution in [-0.4, -0.2) is 19.5 Å². The molecule has 3 aromatic heterocycles. The lowest BCUT2D eigenvalue weighted by atomic mass is 9.80. The summed E-state index contributed by atoms with van der Waals surface area (Å²) in [5.41, 5.74) is 13.9. The maximum Gasteiger partial charge on any atom is 0.168 e. The zero-order valence-electron chi connectivity index (χ0n) is 30.1. The quantitative estimate of drug-likeness (QED) is 0.184. The summed E-state index contributed by atoms with van der Waals surface area (Å²) >= 11 is 0. The number of aryl methyl sites for hydroxylation is 1. The van der Waals surface area contributed by atoms with Crippen molar-refractivity contribution in [3.63, 3.8) is 0 Å². The van der Waals surface area contributed by atoms with Crippen LogP contribution in [0.3, 0.4) is 0 Å². The van der Waals surface area contributed by atoms with Gasteiger partial charge in [-0.1, -0.05) is 141 Å². The number of nitrogens with zero attached hydrogens (tertiary/aromatic N) is 4. The molecule has 0 amide bonds. The summed E-state index contributed by atoms with van der Waals surface area (Å²) in [6.07, 6.45) is 0. The van der Waals surface area contributed by atoms with Gasteiger partial charge >= 0.3 is 0 Å². The standard InChI is InChI=1S/C49H34N4O/c1-29-28-39(53-37-24-14-11-21-34(37)42-38(53)27-26-33-32-20-10-13-23-36(32)49(2,3)44(33)42)43-35-22-12-15-25-40(35)54-45(43)41(29)48-51-46(30-16-6-4-7-17-30)50-47(52-48)31-18-8-5-9-19-31/h4-28H,1-3H3. The molecule has 0 saturated carbocycles. The molecule has 0 saturated heterocycles. The number of aromatic nitrogens is 4. The van der Waals surface area contributed by atoms with Gasteiger partial charge in [0.2, 0.25) is 0 Å². The number of para-hydroxylation sites is 2. The Kier molecular flexibility index (Phi) is 6.45. The van der Waals surface area contributed by atoms with E-state index < -0.39 is 0 Å². The number of hydrogen-bond donors (Lipinski definition) is 0. The van der Waals surface area contributed by atoms with Crippen molar-refractivity contribution >= 4 is 43.7 Å². The van der Waals surface area contributed by atoms with Gasteiger partial charge in [0.15, 0.2) is 17.5 Å². The molecule has 0 N–H and O–H groups in total. The van der Waals surface area contributed by atoms with Crippen LogP contribution in [0.25, 0.3) is 94.7 Å². The van der Waals surface area contributed by atoms with Crippen molar-refractivity contribution in [2.45, 2.75) is 26.2 Å². The first kappa shape index (κ1) is 30.7. The smallest absolute Gasteiger partial charge is 0.168 e. The number of fused-ring (bicyclic) bond motifs is 10. The van der Waals surface area contributed by atoms with Crippen molar-refractivity contribution in [1.29, 1.82) is 0 Å². The number of furan rings is 1. The predicted octanol–water partition coefficient (Wildman–Crippen LogP) is 12.5. The molecule has 1 aliphatic carbocycles. The van der Waals surface area contributed by atoms with E-state index in [0.717, 1.165) is 55.4 Å². The van der Waals surface area contributed by atoms with Gasteiger partial charge in [-0.25, -0.2) is 15.0 Å². The summed E-state index contributed by atoms with van der Waals surface area (Å²) in [6, 6.07) is 53.2. The zero-order valence-corrected chi connectivity index (χ0v) is 30.1. The Labute approximate surface area is 312 Å². The molecule has 0 bridgehead atoms. The topological polar surface area (TPSA) is 56.7 Å². The molecule has 0 atom stereocenters. The summed E-state index contributed by atoms with van der Waals surface area (Å²) in [4.78, 5) is 15.3. The molecule has 3 heterocycles. The fourth-order valence-electron chi connectivity index (χ4n) is 8.97. The third kappa shape index (κ3) is 4.29. The highest BCUT2D eigenvalue weighted by molar-refractivity contribution is 6.18. The molecule has 7 aromatic carbocycles. The average Bonchev–Trinajstić information content (AvgIpc) is 3.84. The van der Waals surface area contributed by atoms with E-state index in [4.69, 9.17) is 19.4 Å². The molecule has 0 radical (unpaired) electrons. The van der Waals surface area contributed by atoms with Crippen LogP contribution >= 0.6 is 0 Å². The van der Waals surface area contributed by atoms with Crippen molar-refractivity contribution in [3.8, 4) is 51.0 Å². The van der Waals surface area contributed by atoms with E-state index in [2.05, 4.69) is 110 Å². The van der Waals surface area contributed by atoms with Crippen LogP contribution in [0, 0.1) is 6.92 Å². The lowest BCUT2D eigenvalue weighted by molar-refractivity contribution is 0.666. The maximum absolute atomic E-state index is 6.91. The van der Waals surface area contributed by atoms with Gasteiger partial charge in [-0.05, 0) is 59.0 Å². The Morgan fingerprint density at radius 1 is 0.537 bits per heavy atom. The van der Waals surface area contributed by atoms with E-state index in [1.165, 1.54) is 38.5 Å². The van der Waals surface area contributed by atoms with Crippen molar-refractivity contribution in [2.75, 3.05) is 0 Å². The minimum absolute atomic E-state index is 0.163. The van der Waals surface area contributed by atoms with Crippen LogP contribution in [-0.2, 0) is 5.41 Å². The van der Waals surface area contributed by atoms with Gasteiger partial charge in [0.1, 0.15) is 11.2 Å². The predicted molar refractivity (Wildman–Crippen MR) is 220 cm³/mol. The fraction of sp³-hybridized carbons (Fsp3) is 0.0816. The van der Waals surface area contributed by atoms with Crippen LogP contribution in [0.1, 0.15) is 30.5 Å². The monoisotopic (exact) mass is 694 g/mol. The normalized spacial score (nSPS) is 13.2. The minimum atomic E-state index is -0.163. The fourth-order valence-corrected chi connectivity index (χ4v) is 8.97. The molecular weight excluding hydrogens is 661 g/mol. The zero-order chi connectivity index (χ0) is 36.1. The van der Waals surface area contributed by atoms with Gasteiger partial charge in [0, 0.05) is 32.7 Å². The first-order valence-electron chi connectivity index (χ1n) is 18.5. The van der Waals surface area contributed by atoms with E-state index in [1.807, 2.05) is 66.7 Å². The molecule has 256 valence electrons. The van der Waals surface area contributed by atoms with Gasteiger partial charge in [0.25, 0.3) is 0 Å². The molecule has 1 aliphatic rings. The number of benzene rings is 7. The Balaban J connectivity index is 1.24. The molecule has 10 aromatic rings. The summed E-state index contributed by atoms with van der Waals surface area (Å²) in [5, 5.41) is 4.61. The highest BCUT2D eigenvalue weighted by atomic mass is 16.3. The average molecular weight is 695 g/mol. The molecule has 0 spiro atoms. The van der Waals surface area contributed by atoms with E-state index in [9.17, 15) is 0 Å². The number of hydrogen-bond acceptors (Lipinski definition) is 4. The second-order valence-corrected chi connectivity index (χ2v) is 14.8. The summed E-state index contributed by atoms with van der Waals surface area (Å²) in [6.45, 7) is 6.88. The van der Waals surface area contributed by atoms with Crippen molar-refractivity contribution in [3.05, 3.63) is 168 Å². The lowest BCUT2D eigenvalue weighted by Crippen LogP contribution is -2.15. The second kappa shape index (κ2) is 11.3. The van der Waals surface area contributed by atoms with Gasteiger partial charge in [-0.3, -0.25) is 0 Å². The van der Waals surface area contributed by atoms with Crippen molar-refractivity contribution < 1.29 is 4.42 Å². The van der Waals surface area contributed by atoms with Crippen LogP contribution in [0.2, 0.25) is 0 Å². The summed E-state index contributed by atoms with van der Waals surface area (Å²) < 4.78 is 9.36. The van der Waals surface area contributed by atoms with Crippen LogP contribution in [0.4, 0.5) is 0 Å². The van der Waals surface area contributed by atoms with Crippen molar-refractivity contribution in [1.82, 2.24) is 19.5 Å². The van der Waals surface area contributed by atoms with Gasteiger partial charge in [0.05, 0.1) is 27.7 Å². The molecular formula is C49H34N4O. The third-order valence-electron chi connectivity index (χ3n) is 11.3. The molecule has 5 nitrogen and oxygen atoms in total. The van der Waals surface area contributed by atoms with E-state index >= 15 is 0 Å². The van der Waals surface area contributed by atoms with Crippen LogP contribution in [0.5, 0.6) is 0 Å². The Bertz CT molecular complexity index is 3080. The summed E-state index contributed by atoms with van der Waals surface area (Å²) in [5.74, 6) is 1.81. The maximum atomic E-state index is 6.91. The van der Waals surface area contributed by atoms with Gasteiger partial charge in [-0.15, -0.1) is 0 Å². The largest absolute Gasteiger partial charge is 0.455 e. The molecule has 54 heavy (non-hydrogen) atoms. The van der Waals surface area contributed by atoms with E-state index in [1.54, 1.807) is 0 Å². The molecule has 0 aliphatic heterocycles. The molecule has 11 rings (SSSR count). The Hall–Kier alpha value is -6.85. The van der Waals surface area contributed by atoms with Crippen LogP contribution in [0.15, 0.2) is 156 Å². The molecule has 0 fully saturated rings. The second-order valence-electron chi connectivity index (χ2n) is 14.8. The highest BCUT2D eigenvalue weighted by Crippen LogP contribution is 2.54. The van der Waals surface area contributed by atoms with Crippen LogP contribution < -0.4 is 0 Å². The Morgan fingerprint density at radius 2 is 1.15 bits per heavy atom.